The van der Waals surface area contributed by atoms with Gasteiger partial charge < -0.3 is 8.83 Å². The molecule has 28 heavy (non-hydrogen) atoms. The number of unbranched alkanes of at least 4 members (excludes halogenated alkanes) is 3. The number of benzene rings is 2. The molecule has 0 atom stereocenters. The molecule has 2 aromatic carbocycles. The van der Waals surface area contributed by atoms with Crippen molar-refractivity contribution < 1.29 is 8.83 Å². The van der Waals surface area contributed by atoms with Crippen molar-refractivity contribution in [3.8, 4) is 12.1 Å². The Balaban J connectivity index is 1.23. The second kappa shape index (κ2) is 8.03. The Bertz CT molecular complexity index is 1110. The monoisotopic (exact) mass is 368 g/mol. The highest BCUT2D eigenvalue weighted by Gasteiger charge is 2.06. The standard InChI is InChI=1S/C24H20N2O2/c25-15-17-7-9-23-19(11-17)13-21(27-23)5-3-1-2-4-6-22-14-20-12-18(16-26)8-10-24(20)28-22/h7-14H,1-6H2. The molecule has 4 nitrogen and oxygen atoms in total. The SMILES string of the molecule is N#Cc1ccc2oc(CCCCCCc3cc4cc(C#N)ccc4o3)cc2c1. The minimum absolute atomic E-state index is 0.661. The molecule has 0 bridgehead atoms. The fraction of sp³-hybridized carbons (Fsp3) is 0.250. The van der Waals surface area contributed by atoms with Gasteiger partial charge in [0.25, 0.3) is 0 Å². The van der Waals surface area contributed by atoms with E-state index in [0.717, 1.165) is 72.0 Å². The largest absolute Gasteiger partial charge is 0.461 e. The Morgan fingerprint density at radius 1 is 0.607 bits per heavy atom. The van der Waals surface area contributed by atoms with Gasteiger partial charge in [0.1, 0.15) is 22.7 Å². The lowest BCUT2D eigenvalue weighted by atomic mass is 10.1. The second-order valence-corrected chi connectivity index (χ2v) is 7.07. The third-order valence-corrected chi connectivity index (χ3v) is 4.99. The van der Waals surface area contributed by atoms with Crippen LogP contribution in [0.25, 0.3) is 21.9 Å². The molecule has 0 radical (unpaired) electrons. The first-order valence-electron chi connectivity index (χ1n) is 9.60. The summed E-state index contributed by atoms with van der Waals surface area (Å²) in [5.74, 6) is 1.96. The Morgan fingerprint density at radius 2 is 1.07 bits per heavy atom. The quantitative estimate of drug-likeness (QED) is 0.360. The zero-order valence-electron chi connectivity index (χ0n) is 15.6. The van der Waals surface area contributed by atoms with Crippen molar-refractivity contribution >= 4 is 21.9 Å². The lowest BCUT2D eigenvalue weighted by molar-refractivity contribution is 0.508. The van der Waals surface area contributed by atoms with Gasteiger partial charge in [-0.2, -0.15) is 10.5 Å². The number of nitriles is 2. The minimum atomic E-state index is 0.661. The summed E-state index contributed by atoms with van der Waals surface area (Å²) in [6.45, 7) is 0. The van der Waals surface area contributed by atoms with Crippen LogP contribution in [0.1, 0.15) is 48.3 Å². The maximum Gasteiger partial charge on any atom is 0.134 e. The van der Waals surface area contributed by atoms with E-state index in [2.05, 4.69) is 12.1 Å². The highest BCUT2D eigenvalue weighted by Crippen LogP contribution is 2.24. The zero-order valence-corrected chi connectivity index (χ0v) is 15.6. The van der Waals surface area contributed by atoms with E-state index in [1.807, 2.05) is 36.4 Å². The fourth-order valence-corrected chi connectivity index (χ4v) is 3.53. The number of nitrogens with zero attached hydrogens (tertiary/aromatic N) is 2. The maximum absolute atomic E-state index is 8.97. The molecular weight excluding hydrogens is 348 g/mol. The number of rotatable bonds is 7. The molecule has 4 aromatic rings. The lowest BCUT2D eigenvalue weighted by Gasteiger charge is -1.99. The first-order valence-corrected chi connectivity index (χ1v) is 9.60. The molecule has 2 aromatic heterocycles. The van der Waals surface area contributed by atoms with Crippen molar-refractivity contribution in [1.29, 1.82) is 10.5 Å². The second-order valence-electron chi connectivity index (χ2n) is 7.07. The summed E-state index contributed by atoms with van der Waals surface area (Å²) in [6.07, 6.45) is 6.27. The van der Waals surface area contributed by atoms with Crippen LogP contribution in [-0.4, -0.2) is 0 Å². The molecule has 2 heterocycles. The summed E-state index contributed by atoms with van der Waals surface area (Å²) >= 11 is 0. The van der Waals surface area contributed by atoms with Gasteiger partial charge in [0, 0.05) is 23.6 Å². The number of hydrogen-bond acceptors (Lipinski definition) is 4. The van der Waals surface area contributed by atoms with E-state index >= 15 is 0 Å². The fourth-order valence-electron chi connectivity index (χ4n) is 3.53. The van der Waals surface area contributed by atoms with E-state index in [-0.39, 0.29) is 0 Å². The van der Waals surface area contributed by atoms with Crippen molar-refractivity contribution in [2.45, 2.75) is 38.5 Å². The van der Waals surface area contributed by atoms with Crippen LogP contribution in [0.2, 0.25) is 0 Å². The molecule has 0 aliphatic rings. The van der Waals surface area contributed by atoms with Crippen molar-refractivity contribution in [3.63, 3.8) is 0 Å². The smallest absolute Gasteiger partial charge is 0.134 e. The van der Waals surface area contributed by atoms with Gasteiger partial charge in [0.15, 0.2) is 0 Å². The third kappa shape index (κ3) is 3.92. The van der Waals surface area contributed by atoms with Crippen LogP contribution in [0.3, 0.4) is 0 Å². The van der Waals surface area contributed by atoms with E-state index in [1.165, 1.54) is 0 Å². The normalized spacial score (nSPS) is 10.9. The van der Waals surface area contributed by atoms with E-state index in [1.54, 1.807) is 12.1 Å². The molecule has 0 aliphatic carbocycles. The van der Waals surface area contributed by atoms with Gasteiger partial charge >= 0.3 is 0 Å². The highest BCUT2D eigenvalue weighted by molar-refractivity contribution is 5.80. The first kappa shape index (κ1) is 17.9. The number of furan rings is 2. The van der Waals surface area contributed by atoms with Crippen LogP contribution >= 0.6 is 0 Å². The summed E-state index contributed by atoms with van der Waals surface area (Å²) in [6, 6.07) is 19.4. The summed E-state index contributed by atoms with van der Waals surface area (Å²) in [5, 5.41) is 19.9. The van der Waals surface area contributed by atoms with Crippen LogP contribution in [0.15, 0.2) is 57.4 Å². The Hall–Kier alpha value is -3.50. The van der Waals surface area contributed by atoms with Crippen LogP contribution in [-0.2, 0) is 12.8 Å². The Labute approximate surface area is 163 Å². The van der Waals surface area contributed by atoms with Crippen LogP contribution < -0.4 is 0 Å². The average Bonchev–Trinajstić information content (AvgIpc) is 3.32. The summed E-state index contributed by atoms with van der Waals surface area (Å²) in [4.78, 5) is 0. The predicted octanol–water partition coefficient (Wildman–Crippen LogP) is 6.27. The maximum atomic E-state index is 8.97. The van der Waals surface area contributed by atoms with Crippen molar-refractivity contribution in [3.05, 3.63) is 71.2 Å². The average molecular weight is 368 g/mol. The van der Waals surface area contributed by atoms with Gasteiger partial charge in [0.2, 0.25) is 0 Å². The number of hydrogen-bond donors (Lipinski definition) is 0. The molecule has 0 N–H and O–H groups in total. The predicted molar refractivity (Wildman–Crippen MR) is 108 cm³/mol. The van der Waals surface area contributed by atoms with E-state index in [0.29, 0.717) is 11.1 Å². The summed E-state index contributed by atoms with van der Waals surface area (Å²) in [7, 11) is 0. The van der Waals surface area contributed by atoms with Crippen molar-refractivity contribution in [2.24, 2.45) is 0 Å². The molecule has 4 rings (SSSR count). The molecule has 0 saturated carbocycles. The third-order valence-electron chi connectivity index (χ3n) is 4.99. The molecular formula is C24H20N2O2. The lowest BCUT2D eigenvalue weighted by Crippen LogP contribution is -1.86. The number of aryl methyl sites for hydroxylation is 2. The van der Waals surface area contributed by atoms with Crippen molar-refractivity contribution in [2.75, 3.05) is 0 Å². The Kier molecular flexibility index (Phi) is 5.13. The molecule has 0 spiro atoms. The van der Waals surface area contributed by atoms with Gasteiger partial charge in [-0.05, 0) is 61.4 Å². The summed E-state index contributed by atoms with van der Waals surface area (Å²) < 4.78 is 11.7. The molecule has 0 saturated heterocycles. The Morgan fingerprint density at radius 3 is 1.50 bits per heavy atom. The zero-order chi connectivity index (χ0) is 19.3. The van der Waals surface area contributed by atoms with Gasteiger partial charge in [-0.25, -0.2) is 0 Å². The molecule has 138 valence electrons. The highest BCUT2D eigenvalue weighted by atomic mass is 16.3. The van der Waals surface area contributed by atoms with E-state index in [4.69, 9.17) is 19.4 Å². The molecule has 0 fully saturated rings. The van der Waals surface area contributed by atoms with Gasteiger partial charge in [0.05, 0.1) is 23.3 Å². The van der Waals surface area contributed by atoms with Crippen LogP contribution in [0.4, 0.5) is 0 Å². The molecule has 0 amide bonds. The van der Waals surface area contributed by atoms with Gasteiger partial charge in [-0.3, -0.25) is 0 Å². The van der Waals surface area contributed by atoms with E-state index < -0.39 is 0 Å². The molecule has 0 aliphatic heterocycles. The van der Waals surface area contributed by atoms with Gasteiger partial charge in [-0.1, -0.05) is 12.8 Å². The van der Waals surface area contributed by atoms with Crippen LogP contribution in [0.5, 0.6) is 0 Å². The van der Waals surface area contributed by atoms with E-state index in [9.17, 15) is 0 Å². The molecule has 4 heteroatoms. The number of fused-ring (bicyclic) bond motifs is 2. The summed E-state index contributed by atoms with van der Waals surface area (Å²) in [5.41, 5.74) is 3.01. The minimum Gasteiger partial charge on any atom is -0.461 e. The first-order chi connectivity index (χ1) is 13.7. The van der Waals surface area contributed by atoms with Gasteiger partial charge in [-0.15, -0.1) is 0 Å². The molecule has 0 unspecified atom stereocenters. The van der Waals surface area contributed by atoms with Crippen LogP contribution in [0, 0.1) is 22.7 Å². The topological polar surface area (TPSA) is 73.9 Å². The van der Waals surface area contributed by atoms with Crippen molar-refractivity contribution in [1.82, 2.24) is 0 Å².